The first-order valence-electron chi connectivity index (χ1n) is 16.2. The maximum atomic E-state index is 12.6. The molecular weight excluding hydrogens is 648 g/mol. The Morgan fingerprint density at radius 3 is 2.22 bits per heavy atom. The minimum absolute atomic E-state index is 0.0401. The molecule has 1 aliphatic carbocycles. The lowest BCUT2D eigenvalue weighted by molar-refractivity contribution is -0.367. The van der Waals surface area contributed by atoms with Gasteiger partial charge in [0, 0.05) is 5.92 Å². The molecule has 0 bridgehead atoms. The van der Waals surface area contributed by atoms with Crippen LogP contribution < -0.4 is 10.6 Å². The summed E-state index contributed by atoms with van der Waals surface area (Å²) in [5.41, 5.74) is 4.20. The highest BCUT2D eigenvalue weighted by Gasteiger charge is 2.53. The van der Waals surface area contributed by atoms with Crippen molar-refractivity contribution in [3.05, 3.63) is 59.7 Å². The van der Waals surface area contributed by atoms with Gasteiger partial charge in [0.2, 0.25) is 5.79 Å². The Kier molecular flexibility index (Phi) is 12.2. The topological polar surface area (TPSA) is 257 Å². The SMILES string of the molecule is O=C(N[C@@H](CCCCNC[C@@]1(O)OC[C@@H](O)[C@@H](O[C@@H]2O[C@H](CO)[C@H](O)[C@H](O)[C@H]2O)[C@@H]1O)C(=O)O)OCC1c2ccccc2-c2ccccc21. The molecule has 49 heavy (non-hydrogen) atoms. The molecule has 2 fully saturated rings. The van der Waals surface area contributed by atoms with Gasteiger partial charge in [-0.1, -0.05) is 48.5 Å². The fourth-order valence-corrected chi connectivity index (χ4v) is 6.44. The fraction of sp³-hybridized carbons (Fsp3) is 0.576. The van der Waals surface area contributed by atoms with Crippen LogP contribution in [0.4, 0.5) is 4.79 Å². The number of hydrogen-bond acceptors (Lipinski definition) is 14. The van der Waals surface area contributed by atoms with E-state index in [1.54, 1.807) is 0 Å². The molecule has 1 amide bonds. The summed E-state index contributed by atoms with van der Waals surface area (Å²) >= 11 is 0. The van der Waals surface area contributed by atoms with Crippen LogP contribution in [0, 0.1) is 0 Å². The molecule has 2 aliphatic heterocycles. The van der Waals surface area contributed by atoms with Gasteiger partial charge in [-0.2, -0.15) is 0 Å². The molecule has 2 saturated heterocycles. The third-order valence-corrected chi connectivity index (χ3v) is 9.20. The zero-order chi connectivity index (χ0) is 35.3. The van der Waals surface area contributed by atoms with Gasteiger partial charge in [-0.25, -0.2) is 9.59 Å². The molecule has 16 heteroatoms. The van der Waals surface area contributed by atoms with Gasteiger partial charge < -0.3 is 70.4 Å². The number of aliphatic hydroxyl groups is 7. The van der Waals surface area contributed by atoms with Crippen molar-refractivity contribution in [3.63, 3.8) is 0 Å². The summed E-state index contributed by atoms with van der Waals surface area (Å²) in [6.07, 6.45) is -13.0. The van der Waals surface area contributed by atoms with Gasteiger partial charge in [0.15, 0.2) is 6.29 Å². The summed E-state index contributed by atoms with van der Waals surface area (Å²) in [5.74, 6) is -3.65. The number of aliphatic carboxylic acids is 1. The van der Waals surface area contributed by atoms with E-state index >= 15 is 0 Å². The van der Waals surface area contributed by atoms with Crippen LogP contribution in [0.15, 0.2) is 48.5 Å². The summed E-state index contributed by atoms with van der Waals surface area (Å²) in [5, 5.41) is 86.8. The lowest BCUT2D eigenvalue weighted by atomic mass is 9.95. The van der Waals surface area contributed by atoms with Gasteiger partial charge in [0.1, 0.15) is 55.4 Å². The van der Waals surface area contributed by atoms with Crippen molar-refractivity contribution in [3.8, 4) is 11.1 Å². The van der Waals surface area contributed by atoms with Crippen molar-refractivity contribution in [1.29, 1.82) is 0 Å². The van der Waals surface area contributed by atoms with E-state index in [0.29, 0.717) is 12.8 Å². The smallest absolute Gasteiger partial charge is 0.407 e. The van der Waals surface area contributed by atoms with E-state index in [9.17, 15) is 50.4 Å². The number of aliphatic hydroxyl groups excluding tert-OH is 6. The highest BCUT2D eigenvalue weighted by atomic mass is 16.7. The number of amides is 1. The van der Waals surface area contributed by atoms with Crippen LogP contribution in [0.2, 0.25) is 0 Å². The average Bonchev–Trinajstić information content (AvgIpc) is 3.42. The van der Waals surface area contributed by atoms with Gasteiger partial charge in [0.05, 0.1) is 19.8 Å². The predicted octanol–water partition coefficient (Wildman–Crippen LogP) is -1.64. The van der Waals surface area contributed by atoms with Crippen molar-refractivity contribution in [2.75, 3.05) is 32.9 Å². The number of carboxylic acid groups (broad SMARTS) is 1. The second-order valence-corrected chi connectivity index (χ2v) is 12.5. The quantitative estimate of drug-likeness (QED) is 0.0997. The third kappa shape index (κ3) is 8.22. The molecule has 5 rings (SSSR count). The molecule has 16 nitrogen and oxygen atoms in total. The fourth-order valence-electron chi connectivity index (χ4n) is 6.44. The first-order chi connectivity index (χ1) is 23.4. The summed E-state index contributed by atoms with van der Waals surface area (Å²) in [4.78, 5) is 24.5. The van der Waals surface area contributed by atoms with E-state index in [4.69, 9.17) is 18.9 Å². The highest BCUT2D eigenvalue weighted by molar-refractivity contribution is 5.81. The van der Waals surface area contributed by atoms with Crippen LogP contribution in [-0.2, 0) is 23.7 Å². The molecule has 3 aliphatic rings. The minimum atomic E-state index is -2.26. The minimum Gasteiger partial charge on any atom is -0.480 e. The molecule has 10 atom stereocenters. The summed E-state index contributed by atoms with van der Waals surface area (Å²) in [7, 11) is 0. The number of alkyl carbamates (subject to hydrolysis) is 1. The normalized spacial score (nSPS) is 31.8. The monoisotopic (exact) mass is 692 g/mol. The number of unbranched alkanes of at least 4 members (excludes halogenated alkanes) is 1. The van der Waals surface area contributed by atoms with Crippen LogP contribution in [0.25, 0.3) is 11.1 Å². The molecule has 0 radical (unpaired) electrons. The molecule has 10 N–H and O–H groups in total. The van der Waals surface area contributed by atoms with Crippen LogP contribution >= 0.6 is 0 Å². The second kappa shape index (κ2) is 16.2. The number of carbonyl (C=O) groups excluding carboxylic acids is 1. The molecular formula is C33H44N2O14. The zero-order valence-electron chi connectivity index (χ0n) is 26.6. The molecule has 2 heterocycles. The number of rotatable bonds is 14. The lowest BCUT2D eigenvalue weighted by Crippen LogP contribution is -2.67. The van der Waals surface area contributed by atoms with Gasteiger partial charge in [-0.3, -0.25) is 0 Å². The number of hydrogen-bond donors (Lipinski definition) is 10. The third-order valence-electron chi connectivity index (χ3n) is 9.20. The number of ether oxygens (including phenoxy) is 4. The van der Waals surface area contributed by atoms with Crippen LogP contribution in [0.5, 0.6) is 0 Å². The Bertz CT molecular complexity index is 1380. The van der Waals surface area contributed by atoms with Crippen molar-refractivity contribution in [2.24, 2.45) is 0 Å². The van der Waals surface area contributed by atoms with Gasteiger partial charge >= 0.3 is 12.1 Å². The van der Waals surface area contributed by atoms with Crippen molar-refractivity contribution >= 4 is 12.1 Å². The lowest BCUT2D eigenvalue weighted by Gasteiger charge is -2.46. The first kappa shape index (κ1) is 37.0. The van der Waals surface area contributed by atoms with Crippen molar-refractivity contribution < 1.29 is 69.4 Å². The first-order valence-corrected chi connectivity index (χ1v) is 16.2. The molecule has 0 spiro atoms. The average molecular weight is 693 g/mol. The predicted molar refractivity (Wildman–Crippen MR) is 168 cm³/mol. The van der Waals surface area contributed by atoms with Gasteiger partial charge in [-0.05, 0) is 48.1 Å². The second-order valence-electron chi connectivity index (χ2n) is 12.5. The maximum Gasteiger partial charge on any atom is 0.407 e. The number of nitrogens with one attached hydrogen (secondary N) is 2. The van der Waals surface area contributed by atoms with E-state index < -0.39 is 86.1 Å². The Balaban J connectivity index is 1.05. The summed E-state index contributed by atoms with van der Waals surface area (Å²) in [6.45, 7) is -1.24. The van der Waals surface area contributed by atoms with E-state index in [2.05, 4.69) is 10.6 Å². The summed E-state index contributed by atoms with van der Waals surface area (Å²) < 4.78 is 21.5. The number of fused-ring (bicyclic) bond motifs is 3. The number of carbonyl (C=O) groups is 2. The highest BCUT2D eigenvalue weighted by Crippen LogP contribution is 2.44. The summed E-state index contributed by atoms with van der Waals surface area (Å²) in [6, 6.07) is 14.5. The van der Waals surface area contributed by atoms with E-state index in [-0.39, 0.29) is 32.0 Å². The molecule has 270 valence electrons. The molecule has 0 unspecified atom stereocenters. The van der Waals surface area contributed by atoms with E-state index in [1.807, 2.05) is 48.5 Å². The van der Waals surface area contributed by atoms with Crippen LogP contribution in [0.1, 0.15) is 36.3 Å². The Hall–Kier alpha value is -3.26. The standard InChI is InChI=1S/C33H44N2O14/c36-13-24-25(38)26(39)27(40)31(48-24)49-28-23(37)15-47-33(45,29(28)41)16-34-12-6-5-11-22(30(42)43)35-32(44)46-14-21-19-9-3-1-7-17(19)18-8-2-4-10-20(18)21/h1-4,7-10,21-29,31,34,36-41,45H,5-6,11-16H2,(H,35,44)(H,42,43)/t22-,23+,24+,25-,26-,27+,28+,29-,31-,33+/m0/s1. The Labute approximate surface area is 281 Å². The van der Waals surface area contributed by atoms with E-state index in [0.717, 1.165) is 22.3 Å². The molecule has 0 saturated carbocycles. The largest absolute Gasteiger partial charge is 0.480 e. The van der Waals surface area contributed by atoms with Gasteiger partial charge in [-0.15, -0.1) is 0 Å². The molecule has 2 aromatic carbocycles. The molecule has 0 aromatic heterocycles. The molecule has 2 aromatic rings. The Morgan fingerprint density at radius 1 is 0.939 bits per heavy atom. The van der Waals surface area contributed by atoms with Crippen LogP contribution in [-0.4, -0.2) is 147 Å². The van der Waals surface area contributed by atoms with E-state index in [1.165, 1.54) is 0 Å². The zero-order valence-corrected chi connectivity index (χ0v) is 26.6. The number of benzene rings is 2. The Morgan fingerprint density at radius 2 is 1.59 bits per heavy atom. The van der Waals surface area contributed by atoms with Crippen molar-refractivity contribution in [1.82, 2.24) is 10.6 Å². The van der Waals surface area contributed by atoms with Crippen LogP contribution in [0.3, 0.4) is 0 Å². The van der Waals surface area contributed by atoms with Gasteiger partial charge in [0.25, 0.3) is 0 Å². The van der Waals surface area contributed by atoms with Crippen molar-refractivity contribution in [2.45, 2.75) is 86.0 Å². The number of carboxylic acids is 1. The maximum absolute atomic E-state index is 12.6.